The number of fused-ring (bicyclic) bond motifs is 1. The summed E-state index contributed by atoms with van der Waals surface area (Å²) in [6.07, 6.45) is -5.25. The number of benzene rings is 2. The van der Waals surface area contributed by atoms with Crippen LogP contribution >= 0.6 is 0 Å². The Balaban J connectivity index is 1.83. The molecular formula is C25H28F3NO5S. The van der Waals surface area contributed by atoms with Crippen molar-refractivity contribution in [3.8, 4) is 5.75 Å². The molecular weight excluding hydrogens is 483 g/mol. The minimum atomic E-state index is -4.59. The summed E-state index contributed by atoms with van der Waals surface area (Å²) in [5, 5.41) is 10.4. The van der Waals surface area contributed by atoms with Crippen LogP contribution in [0.15, 0.2) is 47.4 Å². The first kappa shape index (κ1) is 25.5. The first-order valence-corrected chi connectivity index (χ1v) is 12.9. The van der Waals surface area contributed by atoms with Gasteiger partial charge >= 0.3 is 6.18 Å². The van der Waals surface area contributed by atoms with Gasteiger partial charge < -0.3 is 14.7 Å². The molecule has 1 N–H and O–H groups in total. The van der Waals surface area contributed by atoms with Crippen LogP contribution in [0.5, 0.6) is 5.75 Å². The molecule has 1 aliphatic heterocycles. The SMILES string of the molecule is CCN1C(=O)C(C)(C)COc2cc(C3(S(=O)(=O)c4ccc(C(F)(F)F)cc4)CCC(O)C3)ccc21. The highest BCUT2D eigenvalue weighted by Crippen LogP contribution is 2.50. The highest BCUT2D eigenvalue weighted by atomic mass is 32.2. The van der Waals surface area contributed by atoms with E-state index in [0.717, 1.165) is 24.3 Å². The number of carbonyl (C=O) groups excluding carboxylic acids is 1. The Morgan fingerprint density at radius 3 is 2.34 bits per heavy atom. The second kappa shape index (κ2) is 8.51. The number of aliphatic hydroxyl groups is 1. The summed E-state index contributed by atoms with van der Waals surface area (Å²) >= 11 is 0. The largest absolute Gasteiger partial charge is 0.490 e. The normalized spacial score (nSPS) is 24.6. The number of ether oxygens (including phenoxy) is 1. The maximum Gasteiger partial charge on any atom is 0.416 e. The Morgan fingerprint density at radius 2 is 1.80 bits per heavy atom. The number of rotatable bonds is 4. The quantitative estimate of drug-likeness (QED) is 0.644. The maximum atomic E-state index is 13.9. The van der Waals surface area contributed by atoms with Gasteiger partial charge in [0, 0.05) is 6.54 Å². The lowest BCUT2D eigenvalue weighted by molar-refractivity contribution is -0.137. The van der Waals surface area contributed by atoms with Crippen LogP contribution in [-0.4, -0.2) is 38.7 Å². The van der Waals surface area contributed by atoms with Gasteiger partial charge in [0.15, 0.2) is 9.84 Å². The molecule has 6 nitrogen and oxygen atoms in total. The number of anilines is 1. The third-order valence-electron chi connectivity index (χ3n) is 6.96. The van der Waals surface area contributed by atoms with Gasteiger partial charge in [0.25, 0.3) is 0 Å². The summed E-state index contributed by atoms with van der Waals surface area (Å²) in [6.45, 7) is 5.87. The van der Waals surface area contributed by atoms with E-state index in [9.17, 15) is 31.5 Å². The molecule has 10 heteroatoms. The highest BCUT2D eigenvalue weighted by Gasteiger charge is 2.52. The summed E-state index contributed by atoms with van der Waals surface area (Å²) in [5.74, 6) is 0.238. The summed E-state index contributed by atoms with van der Waals surface area (Å²) in [7, 11) is -4.20. The third kappa shape index (κ3) is 4.20. The number of amides is 1. The topological polar surface area (TPSA) is 83.9 Å². The molecule has 2 aromatic carbocycles. The van der Waals surface area contributed by atoms with Gasteiger partial charge in [0.05, 0.1) is 27.7 Å². The zero-order valence-corrected chi connectivity index (χ0v) is 20.5. The minimum Gasteiger partial charge on any atom is -0.490 e. The number of hydrogen-bond donors (Lipinski definition) is 1. The van der Waals surface area contributed by atoms with Crippen LogP contribution in [0.3, 0.4) is 0 Å². The van der Waals surface area contributed by atoms with Crippen LogP contribution in [0, 0.1) is 5.41 Å². The first-order valence-electron chi connectivity index (χ1n) is 11.4. The number of alkyl halides is 3. The molecule has 0 saturated heterocycles. The van der Waals surface area contributed by atoms with Crippen molar-refractivity contribution in [3.05, 3.63) is 53.6 Å². The molecule has 1 aliphatic carbocycles. The number of hydrogen-bond acceptors (Lipinski definition) is 5. The van der Waals surface area contributed by atoms with Crippen LogP contribution < -0.4 is 9.64 Å². The van der Waals surface area contributed by atoms with Gasteiger partial charge in [-0.3, -0.25) is 4.79 Å². The van der Waals surface area contributed by atoms with Gasteiger partial charge in [0.2, 0.25) is 5.91 Å². The standard InChI is InChI=1S/C25H28F3NO5S/c1-4-29-20-10-7-17(13-21(20)34-15-23(2,3)22(29)31)24(12-11-18(30)14-24)35(32,33)19-8-5-16(6-9-19)25(26,27)28/h5-10,13,18,30H,4,11-12,14-15H2,1-3H3. The summed E-state index contributed by atoms with van der Waals surface area (Å²) in [6, 6.07) is 8.26. The van der Waals surface area contributed by atoms with Crippen LogP contribution in [-0.2, 0) is 25.6 Å². The van der Waals surface area contributed by atoms with E-state index in [1.54, 1.807) is 36.9 Å². The predicted molar refractivity (Wildman–Crippen MR) is 124 cm³/mol. The van der Waals surface area contributed by atoms with E-state index in [0.29, 0.717) is 23.5 Å². The average Bonchev–Trinajstić information content (AvgIpc) is 3.17. The molecule has 0 spiro atoms. The fourth-order valence-corrected chi connectivity index (χ4v) is 7.12. The third-order valence-corrected chi connectivity index (χ3v) is 9.49. The van der Waals surface area contributed by atoms with Gasteiger partial charge in [-0.25, -0.2) is 8.42 Å². The van der Waals surface area contributed by atoms with Crippen molar-refractivity contribution in [2.24, 2.45) is 5.41 Å². The summed E-state index contributed by atoms with van der Waals surface area (Å²) in [5.41, 5.74) is -0.839. The van der Waals surface area contributed by atoms with Crippen molar-refractivity contribution >= 4 is 21.4 Å². The molecule has 190 valence electrons. The lowest BCUT2D eigenvalue weighted by atomic mass is 9.93. The number of carbonyl (C=O) groups is 1. The fourth-order valence-electron chi connectivity index (χ4n) is 4.94. The van der Waals surface area contributed by atoms with E-state index in [4.69, 9.17) is 4.74 Å². The van der Waals surface area contributed by atoms with Crippen LogP contribution in [0.1, 0.15) is 51.2 Å². The second-order valence-electron chi connectivity index (χ2n) is 9.82. The van der Waals surface area contributed by atoms with Gasteiger partial charge in [-0.15, -0.1) is 0 Å². The molecule has 2 aromatic rings. The molecule has 4 rings (SSSR count). The number of sulfone groups is 1. The molecule has 0 aromatic heterocycles. The van der Waals surface area contributed by atoms with E-state index in [1.165, 1.54) is 0 Å². The van der Waals surface area contributed by atoms with E-state index >= 15 is 0 Å². The number of aliphatic hydroxyl groups excluding tert-OH is 1. The monoisotopic (exact) mass is 511 g/mol. The van der Waals surface area contributed by atoms with E-state index < -0.39 is 37.8 Å². The Hall–Kier alpha value is -2.59. The smallest absolute Gasteiger partial charge is 0.416 e. The lowest BCUT2D eigenvalue weighted by Crippen LogP contribution is -2.42. The molecule has 1 amide bonds. The van der Waals surface area contributed by atoms with E-state index in [-0.39, 0.29) is 36.7 Å². The minimum absolute atomic E-state index is 0.0955. The van der Waals surface area contributed by atoms with Crippen molar-refractivity contribution in [1.29, 1.82) is 0 Å². The molecule has 2 atom stereocenters. The Labute approximate surface area is 202 Å². The molecule has 1 saturated carbocycles. The summed E-state index contributed by atoms with van der Waals surface area (Å²) < 4.78 is 71.2. The summed E-state index contributed by atoms with van der Waals surface area (Å²) in [4.78, 5) is 14.3. The van der Waals surface area contributed by atoms with Crippen LogP contribution in [0.4, 0.5) is 18.9 Å². The fraction of sp³-hybridized carbons (Fsp3) is 0.480. The van der Waals surface area contributed by atoms with Gasteiger partial charge in [0.1, 0.15) is 17.1 Å². The van der Waals surface area contributed by atoms with Gasteiger partial charge in [-0.2, -0.15) is 13.2 Å². The molecule has 1 fully saturated rings. The number of halogens is 3. The van der Waals surface area contributed by atoms with Crippen molar-refractivity contribution in [3.63, 3.8) is 0 Å². The Bertz CT molecular complexity index is 1240. The molecule has 2 unspecified atom stereocenters. The maximum absolute atomic E-state index is 13.9. The molecule has 0 bridgehead atoms. The Kier molecular flexibility index (Phi) is 6.20. The zero-order valence-electron chi connectivity index (χ0n) is 19.7. The van der Waals surface area contributed by atoms with Crippen molar-refractivity contribution in [2.45, 2.75) is 62.0 Å². The first-order chi connectivity index (χ1) is 16.2. The average molecular weight is 512 g/mol. The van der Waals surface area contributed by atoms with E-state index in [1.807, 2.05) is 6.92 Å². The second-order valence-corrected chi connectivity index (χ2v) is 12.1. The Morgan fingerprint density at radius 1 is 1.14 bits per heavy atom. The zero-order chi connectivity index (χ0) is 25.8. The molecule has 35 heavy (non-hydrogen) atoms. The number of nitrogens with zero attached hydrogens (tertiary/aromatic N) is 1. The van der Waals surface area contributed by atoms with Gasteiger partial charge in [-0.1, -0.05) is 6.07 Å². The predicted octanol–water partition coefficient (Wildman–Crippen LogP) is 4.69. The van der Waals surface area contributed by atoms with E-state index in [2.05, 4.69) is 0 Å². The van der Waals surface area contributed by atoms with Gasteiger partial charge in [-0.05, 0) is 82.0 Å². The van der Waals surface area contributed by atoms with Crippen molar-refractivity contribution in [1.82, 2.24) is 0 Å². The molecule has 1 heterocycles. The van der Waals surface area contributed by atoms with Crippen molar-refractivity contribution in [2.75, 3.05) is 18.1 Å². The van der Waals surface area contributed by atoms with Crippen molar-refractivity contribution < 1.29 is 36.2 Å². The molecule has 2 aliphatic rings. The van der Waals surface area contributed by atoms with Crippen LogP contribution in [0.25, 0.3) is 0 Å². The highest BCUT2D eigenvalue weighted by molar-refractivity contribution is 7.92. The lowest BCUT2D eigenvalue weighted by Gasteiger charge is -2.31. The van der Waals surface area contributed by atoms with Crippen LogP contribution in [0.2, 0.25) is 0 Å². The molecule has 0 radical (unpaired) electrons.